The first kappa shape index (κ1) is 20.8. The molecule has 1 aliphatic carbocycles. The van der Waals surface area contributed by atoms with Gasteiger partial charge in [-0.1, -0.05) is 39.0 Å². The van der Waals surface area contributed by atoms with Crippen LogP contribution >= 0.6 is 0 Å². The molecule has 0 bridgehead atoms. The van der Waals surface area contributed by atoms with Gasteiger partial charge in [-0.2, -0.15) is 0 Å². The molecule has 0 radical (unpaired) electrons. The lowest BCUT2D eigenvalue weighted by Gasteiger charge is -2.36. The maximum atomic E-state index is 13.8. The van der Waals surface area contributed by atoms with Crippen LogP contribution in [0.15, 0.2) is 24.3 Å². The molecule has 5 nitrogen and oxygen atoms in total. The summed E-state index contributed by atoms with van der Waals surface area (Å²) >= 11 is 0. The SMILES string of the molecule is COC(=O)C1CCN(C(=O)c2c3c(nc4ccccc24)CCC(C(C)(C)C)C3)CC1. The fourth-order valence-corrected chi connectivity index (χ4v) is 5.01. The van der Waals surface area contributed by atoms with Gasteiger partial charge >= 0.3 is 5.97 Å². The summed E-state index contributed by atoms with van der Waals surface area (Å²) in [5, 5.41) is 0.950. The summed E-state index contributed by atoms with van der Waals surface area (Å²) in [6.07, 6.45) is 4.26. The standard InChI is InChI=1S/C25H32N2O3/c1-25(2,3)17-9-10-21-19(15-17)22(18-7-5-6-8-20(18)26-21)23(28)27-13-11-16(12-14-27)24(29)30-4/h5-8,16-17H,9-15H2,1-4H3. The minimum atomic E-state index is -0.165. The number of para-hydroxylation sites is 1. The van der Waals surface area contributed by atoms with Gasteiger partial charge in [-0.25, -0.2) is 0 Å². The molecule has 5 heteroatoms. The Hall–Kier alpha value is -2.43. The predicted octanol–water partition coefficient (Wildman–Crippen LogP) is 4.41. The molecule has 2 aliphatic rings. The van der Waals surface area contributed by atoms with E-state index in [0.717, 1.165) is 47.0 Å². The second-order valence-electron chi connectivity index (χ2n) is 9.82. The van der Waals surface area contributed by atoms with Crippen molar-refractivity contribution in [2.45, 2.75) is 52.9 Å². The minimum absolute atomic E-state index is 0.0859. The van der Waals surface area contributed by atoms with Gasteiger partial charge in [-0.05, 0) is 55.1 Å². The summed E-state index contributed by atoms with van der Waals surface area (Å²) in [5.41, 5.74) is 4.16. The Morgan fingerprint density at radius 3 is 2.47 bits per heavy atom. The van der Waals surface area contributed by atoms with Crippen molar-refractivity contribution >= 4 is 22.8 Å². The van der Waals surface area contributed by atoms with E-state index in [4.69, 9.17) is 9.72 Å². The molecule has 2 heterocycles. The van der Waals surface area contributed by atoms with E-state index in [1.807, 2.05) is 29.2 Å². The van der Waals surface area contributed by atoms with Crippen LogP contribution in [0.3, 0.4) is 0 Å². The third-order valence-corrected chi connectivity index (χ3v) is 7.01. The van der Waals surface area contributed by atoms with Gasteiger partial charge in [0.2, 0.25) is 0 Å². The Morgan fingerprint density at radius 2 is 1.80 bits per heavy atom. The number of benzene rings is 1. The maximum Gasteiger partial charge on any atom is 0.308 e. The molecule has 1 fully saturated rings. The number of carbonyl (C=O) groups is 2. The molecule has 0 spiro atoms. The lowest BCUT2D eigenvalue weighted by atomic mass is 9.70. The van der Waals surface area contributed by atoms with E-state index in [1.54, 1.807) is 0 Å². The van der Waals surface area contributed by atoms with Crippen LogP contribution in [0.25, 0.3) is 10.9 Å². The first-order valence-corrected chi connectivity index (χ1v) is 11.1. The van der Waals surface area contributed by atoms with Crippen LogP contribution in [-0.2, 0) is 22.4 Å². The van der Waals surface area contributed by atoms with Crippen LogP contribution in [0.5, 0.6) is 0 Å². The van der Waals surface area contributed by atoms with E-state index in [-0.39, 0.29) is 23.2 Å². The average molecular weight is 409 g/mol. The molecule has 160 valence electrons. The van der Waals surface area contributed by atoms with Crippen molar-refractivity contribution in [3.8, 4) is 0 Å². The van der Waals surface area contributed by atoms with E-state index >= 15 is 0 Å². The highest BCUT2D eigenvalue weighted by molar-refractivity contribution is 6.07. The molecule has 30 heavy (non-hydrogen) atoms. The summed E-state index contributed by atoms with van der Waals surface area (Å²) < 4.78 is 4.90. The second kappa shape index (κ2) is 8.01. The first-order chi connectivity index (χ1) is 14.3. The van der Waals surface area contributed by atoms with Crippen LogP contribution in [-0.4, -0.2) is 42.0 Å². The highest BCUT2D eigenvalue weighted by atomic mass is 16.5. The summed E-state index contributed by atoms with van der Waals surface area (Å²) in [6.45, 7) is 8.04. The summed E-state index contributed by atoms with van der Waals surface area (Å²) in [6, 6.07) is 8.00. The highest BCUT2D eigenvalue weighted by Crippen LogP contribution is 2.40. The van der Waals surface area contributed by atoms with Crippen LogP contribution in [0.1, 0.15) is 61.6 Å². The molecule has 1 atom stereocenters. The van der Waals surface area contributed by atoms with Crippen molar-refractivity contribution in [2.75, 3.05) is 20.2 Å². The Labute approximate surface area is 178 Å². The normalized spacial score (nSPS) is 20.1. The monoisotopic (exact) mass is 408 g/mol. The zero-order valence-electron chi connectivity index (χ0n) is 18.5. The summed E-state index contributed by atoms with van der Waals surface area (Å²) in [4.78, 5) is 32.5. The van der Waals surface area contributed by atoms with Gasteiger partial charge in [0.05, 0.1) is 24.1 Å². The second-order valence-corrected chi connectivity index (χ2v) is 9.82. The van der Waals surface area contributed by atoms with Crippen molar-refractivity contribution in [3.05, 3.63) is 41.1 Å². The number of piperidine rings is 1. The number of aromatic nitrogens is 1. The number of likely N-dealkylation sites (tertiary alicyclic amines) is 1. The zero-order valence-corrected chi connectivity index (χ0v) is 18.5. The quantitative estimate of drug-likeness (QED) is 0.691. The maximum absolute atomic E-state index is 13.8. The first-order valence-electron chi connectivity index (χ1n) is 11.1. The van der Waals surface area contributed by atoms with Crippen LogP contribution in [0.2, 0.25) is 0 Å². The number of aryl methyl sites for hydroxylation is 1. The number of esters is 1. The lowest BCUT2D eigenvalue weighted by Crippen LogP contribution is -2.41. The molecule has 1 saturated heterocycles. The number of nitrogens with zero attached hydrogens (tertiary/aromatic N) is 2. The van der Waals surface area contributed by atoms with Crippen LogP contribution < -0.4 is 0 Å². The molecule has 4 rings (SSSR count). The van der Waals surface area contributed by atoms with Gasteiger partial charge in [0.25, 0.3) is 5.91 Å². The van der Waals surface area contributed by atoms with Crippen LogP contribution in [0.4, 0.5) is 0 Å². The van der Waals surface area contributed by atoms with Crippen molar-refractivity contribution in [3.63, 3.8) is 0 Å². The Kier molecular flexibility index (Phi) is 5.56. The molecule has 1 aliphatic heterocycles. The number of hydrogen-bond acceptors (Lipinski definition) is 4. The average Bonchev–Trinajstić information content (AvgIpc) is 2.75. The molecule has 1 aromatic carbocycles. The van der Waals surface area contributed by atoms with Gasteiger partial charge in [0.15, 0.2) is 0 Å². The predicted molar refractivity (Wildman–Crippen MR) is 117 cm³/mol. The highest BCUT2D eigenvalue weighted by Gasteiger charge is 2.35. The summed E-state index contributed by atoms with van der Waals surface area (Å²) in [7, 11) is 1.43. The zero-order chi connectivity index (χ0) is 21.5. The number of pyridine rings is 1. The lowest BCUT2D eigenvalue weighted by molar-refractivity contribution is -0.146. The molecule has 1 amide bonds. The molecule has 0 saturated carbocycles. The molecule has 2 aromatic rings. The molecular formula is C25H32N2O3. The van der Waals surface area contributed by atoms with Crippen molar-refractivity contribution in [1.82, 2.24) is 9.88 Å². The molecule has 0 N–H and O–H groups in total. The van der Waals surface area contributed by atoms with Crippen LogP contribution in [0, 0.1) is 17.3 Å². The van der Waals surface area contributed by atoms with Gasteiger partial charge in [0, 0.05) is 24.2 Å². The fraction of sp³-hybridized carbons (Fsp3) is 0.560. The van der Waals surface area contributed by atoms with Gasteiger partial charge in [0.1, 0.15) is 0 Å². The molecule has 1 unspecified atom stereocenters. The van der Waals surface area contributed by atoms with E-state index in [9.17, 15) is 9.59 Å². The van der Waals surface area contributed by atoms with Gasteiger partial charge in [-0.3, -0.25) is 14.6 Å². The van der Waals surface area contributed by atoms with E-state index in [2.05, 4.69) is 20.8 Å². The largest absolute Gasteiger partial charge is 0.469 e. The topological polar surface area (TPSA) is 59.5 Å². The van der Waals surface area contributed by atoms with E-state index < -0.39 is 0 Å². The Balaban J connectivity index is 1.71. The number of hydrogen-bond donors (Lipinski definition) is 0. The third kappa shape index (κ3) is 3.82. The minimum Gasteiger partial charge on any atom is -0.469 e. The Morgan fingerprint density at radius 1 is 1.10 bits per heavy atom. The van der Waals surface area contributed by atoms with Gasteiger partial charge < -0.3 is 9.64 Å². The number of rotatable bonds is 2. The molecular weight excluding hydrogens is 376 g/mol. The molecule has 1 aromatic heterocycles. The number of carbonyl (C=O) groups excluding carboxylic acids is 2. The van der Waals surface area contributed by atoms with Crippen molar-refractivity contribution in [1.29, 1.82) is 0 Å². The number of ether oxygens (including phenoxy) is 1. The van der Waals surface area contributed by atoms with Gasteiger partial charge in [-0.15, -0.1) is 0 Å². The third-order valence-electron chi connectivity index (χ3n) is 7.01. The van der Waals surface area contributed by atoms with Crippen molar-refractivity contribution in [2.24, 2.45) is 17.3 Å². The smallest absolute Gasteiger partial charge is 0.308 e. The number of fused-ring (bicyclic) bond motifs is 2. The van der Waals surface area contributed by atoms with Crippen molar-refractivity contribution < 1.29 is 14.3 Å². The Bertz CT molecular complexity index is 968. The number of amides is 1. The van der Waals surface area contributed by atoms with E-state index in [0.29, 0.717) is 31.8 Å². The number of methoxy groups -OCH3 is 1. The summed E-state index contributed by atoms with van der Waals surface area (Å²) in [5.74, 6) is 0.349. The fourth-order valence-electron chi connectivity index (χ4n) is 5.01. The van der Waals surface area contributed by atoms with E-state index in [1.165, 1.54) is 7.11 Å².